The van der Waals surface area contributed by atoms with E-state index in [1.165, 1.54) is 13.8 Å². The van der Waals surface area contributed by atoms with Gasteiger partial charge in [-0.25, -0.2) is 17.8 Å². The maximum Gasteiger partial charge on any atom is 0.263 e. The molecule has 0 aliphatic carbocycles. The van der Waals surface area contributed by atoms with Crippen LogP contribution in [0.15, 0.2) is 29.2 Å². The lowest BCUT2D eigenvalue weighted by Gasteiger charge is -2.14. The van der Waals surface area contributed by atoms with Gasteiger partial charge in [-0.2, -0.15) is 0 Å². The van der Waals surface area contributed by atoms with Crippen LogP contribution < -0.4 is 10.5 Å². The minimum absolute atomic E-state index is 0.0234. The minimum atomic E-state index is -3.89. The normalized spacial score (nSPS) is 11.4. The second kappa shape index (κ2) is 5.33. The summed E-state index contributed by atoms with van der Waals surface area (Å²) in [6.45, 7) is 4.75. The molecule has 0 fully saturated rings. The van der Waals surface area contributed by atoms with Gasteiger partial charge in [0.1, 0.15) is 11.6 Å². The second-order valence-corrected chi connectivity index (χ2v) is 6.43. The van der Waals surface area contributed by atoms with Crippen LogP contribution in [0.25, 0.3) is 0 Å². The summed E-state index contributed by atoms with van der Waals surface area (Å²) >= 11 is 0. The zero-order valence-corrected chi connectivity index (χ0v) is 12.8. The highest BCUT2D eigenvalue weighted by atomic mass is 32.2. The number of halogens is 1. The van der Waals surface area contributed by atoms with Gasteiger partial charge in [-0.15, -0.1) is 0 Å². The molecular formula is C14H16FN3O2S. The van der Waals surface area contributed by atoms with Crippen LogP contribution in [0.2, 0.25) is 0 Å². The number of sulfonamides is 1. The van der Waals surface area contributed by atoms with Crippen LogP contribution in [-0.2, 0) is 10.0 Å². The summed E-state index contributed by atoms with van der Waals surface area (Å²) in [5.41, 5.74) is 6.58. The van der Waals surface area contributed by atoms with Crippen LogP contribution in [0.1, 0.15) is 16.8 Å². The van der Waals surface area contributed by atoms with Crippen molar-refractivity contribution in [3.05, 3.63) is 46.9 Å². The molecule has 2 aromatic rings. The van der Waals surface area contributed by atoms with Crippen molar-refractivity contribution in [2.24, 2.45) is 0 Å². The van der Waals surface area contributed by atoms with Gasteiger partial charge in [-0.05, 0) is 50.1 Å². The number of nitrogens with zero attached hydrogens (tertiary/aromatic N) is 1. The molecule has 0 aliphatic rings. The van der Waals surface area contributed by atoms with Crippen LogP contribution in [-0.4, -0.2) is 13.4 Å². The number of hydrogen-bond donors (Lipinski definition) is 2. The highest BCUT2D eigenvalue weighted by molar-refractivity contribution is 7.92. The first-order valence-corrected chi connectivity index (χ1v) is 7.72. The number of nitrogens with one attached hydrogen (secondary N) is 1. The Morgan fingerprint density at radius 3 is 2.52 bits per heavy atom. The lowest BCUT2D eigenvalue weighted by Crippen LogP contribution is -2.18. The Balaban J connectivity index is 2.53. The quantitative estimate of drug-likeness (QED) is 0.853. The maximum absolute atomic E-state index is 13.5. The predicted octanol–water partition coefficient (Wildman–Crippen LogP) is 2.53. The topological polar surface area (TPSA) is 85.1 Å². The molecule has 2 rings (SSSR count). The molecule has 0 saturated heterocycles. The molecule has 0 radical (unpaired) electrons. The van der Waals surface area contributed by atoms with Gasteiger partial charge in [-0.1, -0.05) is 6.07 Å². The van der Waals surface area contributed by atoms with Gasteiger partial charge < -0.3 is 5.73 Å². The molecule has 0 bridgehead atoms. The molecule has 1 heterocycles. The van der Waals surface area contributed by atoms with E-state index < -0.39 is 15.8 Å². The molecule has 5 nitrogen and oxygen atoms in total. The zero-order valence-electron chi connectivity index (χ0n) is 11.9. The summed E-state index contributed by atoms with van der Waals surface area (Å²) in [5, 5.41) is 0. The standard InChI is InChI=1S/C14H16FN3O2S/c1-8-7-11(15)13(16)10(3)14(8)21(19,20)18-12-6-4-5-9(2)17-12/h4-7H,16H2,1-3H3,(H,17,18). The summed E-state index contributed by atoms with van der Waals surface area (Å²) in [5.74, 6) is -0.422. The first-order chi connectivity index (χ1) is 9.72. The number of aryl methyl sites for hydroxylation is 2. The van der Waals surface area contributed by atoms with Crippen molar-refractivity contribution in [1.29, 1.82) is 0 Å². The Hall–Kier alpha value is -2.15. The molecule has 0 amide bonds. The van der Waals surface area contributed by atoms with Crippen molar-refractivity contribution < 1.29 is 12.8 Å². The second-order valence-electron chi connectivity index (χ2n) is 4.81. The van der Waals surface area contributed by atoms with E-state index >= 15 is 0 Å². The van der Waals surface area contributed by atoms with E-state index in [-0.39, 0.29) is 22.0 Å². The summed E-state index contributed by atoms with van der Waals surface area (Å²) in [7, 11) is -3.89. The van der Waals surface area contributed by atoms with Gasteiger partial charge in [0.25, 0.3) is 10.0 Å². The van der Waals surface area contributed by atoms with Crippen molar-refractivity contribution in [2.45, 2.75) is 25.7 Å². The Morgan fingerprint density at radius 2 is 1.90 bits per heavy atom. The fraction of sp³-hybridized carbons (Fsp3) is 0.214. The van der Waals surface area contributed by atoms with Gasteiger partial charge in [0.2, 0.25) is 0 Å². The monoisotopic (exact) mass is 309 g/mol. The highest BCUT2D eigenvalue weighted by Crippen LogP contribution is 2.28. The largest absolute Gasteiger partial charge is 0.396 e. The van der Waals surface area contributed by atoms with Crippen LogP contribution in [0, 0.1) is 26.6 Å². The van der Waals surface area contributed by atoms with Gasteiger partial charge in [-0.3, -0.25) is 4.72 Å². The van der Waals surface area contributed by atoms with E-state index in [0.29, 0.717) is 11.3 Å². The molecule has 1 aromatic heterocycles. The fourth-order valence-corrected chi connectivity index (χ4v) is 3.62. The lowest BCUT2D eigenvalue weighted by molar-refractivity contribution is 0.598. The maximum atomic E-state index is 13.5. The van der Waals surface area contributed by atoms with Crippen LogP contribution in [0.3, 0.4) is 0 Å². The molecule has 112 valence electrons. The number of anilines is 2. The van der Waals surface area contributed by atoms with E-state index in [0.717, 1.165) is 6.07 Å². The van der Waals surface area contributed by atoms with E-state index in [1.54, 1.807) is 25.1 Å². The molecule has 0 spiro atoms. The van der Waals surface area contributed by atoms with Crippen molar-refractivity contribution in [3.8, 4) is 0 Å². The molecule has 0 atom stereocenters. The van der Waals surface area contributed by atoms with Crippen molar-refractivity contribution >= 4 is 21.5 Å². The van der Waals surface area contributed by atoms with Crippen molar-refractivity contribution in [2.75, 3.05) is 10.5 Å². The molecule has 1 aromatic carbocycles. The van der Waals surface area contributed by atoms with Crippen molar-refractivity contribution in [1.82, 2.24) is 4.98 Å². The van der Waals surface area contributed by atoms with Gasteiger partial charge >= 0.3 is 0 Å². The molecule has 0 unspecified atom stereocenters. The Labute approximate surface area is 123 Å². The van der Waals surface area contributed by atoms with Gasteiger partial charge in [0.05, 0.1) is 10.6 Å². The first kappa shape index (κ1) is 15.2. The average molecular weight is 309 g/mol. The van der Waals surface area contributed by atoms with Crippen molar-refractivity contribution in [3.63, 3.8) is 0 Å². The summed E-state index contributed by atoms with van der Waals surface area (Å²) in [4.78, 5) is 4.06. The number of benzene rings is 1. The summed E-state index contributed by atoms with van der Waals surface area (Å²) < 4.78 is 40.9. The number of aromatic nitrogens is 1. The van der Waals surface area contributed by atoms with Crippen LogP contribution >= 0.6 is 0 Å². The third-order valence-electron chi connectivity index (χ3n) is 3.10. The van der Waals surface area contributed by atoms with E-state index in [2.05, 4.69) is 9.71 Å². The number of nitrogen functional groups attached to an aromatic ring is 1. The van der Waals surface area contributed by atoms with Crippen LogP contribution in [0.4, 0.5) is 15.9 Å². The molecule has 3 N–H and O–H groups in total. The van der Waals surface area contributed by atoms with E-state index in [1.807, 2.05) is 0 Å². The third kappa shape index (κ3) is 2.97. The van der Waals surface area contributed by atoms with E-state index in [9.17, 15) is 12.8 Å². The first-order valence-electron chi connectivity index (χ1n) is 6.24. The van der Waals surface area contributed by atoms with Gasteiger partial charge in [0.15, 0.2) is 0 Å². The van der Waals surface area contributed by atoms with E-state index in [4.69, 9.17) is 5.73 Å². The average Bonchev–Trinajstić information content (AvgIpc) is 2.35. The van der Waals surface area contributed by atoms with Gasteiger partial charge in [0, 0.05) is 5.69 Å². The highest BCUT2D eigenvalue weighted by Gasteiger charge is 2.23. The predicted molar refractivity (Wildman–Crippen MR) is 80.1 cm³/mol. The Kier molecular flexibility index (Phi) is 3.87. The third-order valence-corrected chi connectivity index (χ3v) is 4.74. The molecule has 0 aliphatic heterocycles. The number of hydrogen-bond acceptors (Lipinski definition) is 4. The molecular weight excluding hydrogens is 293 g/mol. The number of pyridine rings is 1. The molecule has 7 heteroatoms. The smallest absolute Gasteiger partial charge is 0.263 e. The Bertz CT molecular complexity index is 804. The molecule has 0 saturated carbocycles. The Morgan fingerprint density at radius 1 is 1.24 bits per heavy atom. The summed E-state index contributed by atoms with van der Waals surface area (Å²) in [6.07, 6.45) is 0. The molecule has 21 heavy (non-hydrogen) atoms. The summed E-state index contributed by atoms with van der Waals surface area (Å²) in [6, 6.07) is 6.10. The lowest BCUT2D eigenvalue weighted by atomic mass is 10.1. The van der Waals surface area contributed by atoms with Crippen LogP contribution in [0.5, 0.6) is 0 Å². The number of rotatable bonds is 3. The SMILES string of the molecule is Cc1cccc(NS(=O)(=O)c2c(C)cc(F)c(N)c2C)n1. The zero-order chi connectivity index (χ0) is 15.8. The number of nitrogens with two attached hydrogens (primary N) is 1. The fourth-order valence-electron chi connectivity index (χ4n) is 2.13. The minimum Gasteiger partial charge on any atom is -0.396 e.